The van der Waals surface area contributed by atoms with E-state index < -0.39 is 0 Å². The van der Waals surface area contributed by atoms with Gasteiger partial charge in [-0.05, 0) is 54.5 Å². The highest BCUT2D eigenvalue weighted by Gasteiger charge is 2.11. The molecule has 21 heavy (non-hydrogen) atoms. The highest BCUT2D eigenvalue weighted by Crippen LogP contribution is 2.23. The maximum absolute atomic E-state index is 12.0. The van der Waals surface area contributed by atoms with Crippen molar-refractivity contribution in [1.82, 2.24) is 5.32 Å². The van der Waals surface area contributed by atoms with E-state index in [2.05, 4.69) is 23.5 Å². The second kappa shape index (κ2) is 6.63. The number of fused-ring (bicyclic) bond motifs is 1. The first-order chi connectivity index (χ1) is 10.2. The lowest BCUT2D eigenvalue weighted by Gasteiger charge is -2.16. The summed E-state index contributed by atoms with van der Waals surface area (Å²) in [4.78, 5) is 13.1. The molecule has 1 aromatic carbocycles. The first kappa shape index (κ1) is 14.6. The van der Waals surface area contributed by atoms with Gasteiger partial charge in [-0.25, -0.2) is 0 Å². The molecule has 2 nitrogen and oxygen atoms in total. The molecule has 0 saturated heterocycles. The second-order valence-electron chi connectivity index (χ2n) is 5.47. The Labute approximate surface area is 134 Å². The molecule has 3 rings (SSSR count). The number of carbonyl (C=O) groups is 1. The Bertz CT molecular complexity index is 650. The van der Waals surface area contributed by atoms with Crippen LogP contribution in [0.15, 0.2) is 30.3 Å². The van der Waals surface area contributed by atoms with Crippen molar-refractivity contribution in [3.05, 3.63) is 56.2 Å². The summed E-state index contributed by atoms with van der Waals surface area (Å²) in [6.07, 6.45) is 5.34. The molecule has 0 spiro atoms. The van der Waals surface area contributed by atoms with Crippen LogP contribution in [-0.2, 0) is 30.6 Å². The number of rotatable bonds is 4. The average molecular weight is 320 g/mol. The van der Waals surface area contributed by atoms with E-state index >= 15 is 0 Å². The van der Waals surface area contributed by atoms with Crippen molar-refractivity contribution in [3.63, 3.8) is 0 Å². The van der Waals surface area contributed by atoms with Crippen LogP contribution < -0.4 is 5.32 Å². The van der Waals surface area contributed by atoms with Gasteiger partial charge in [-0.15, -0.1) is 11.3 Å². The monoisotopic (exact) mass is 319 g/mol. The average Bonchev–Trinajstić information content (AvgIpc) is 2.91. The Balaban J connectivity index is 1.57. The molecule has 1 aliphatic rings. The molecular formula is C17H18ClNOS. The lowest BCUT2D eigenvalue weighted by molar-refractivity contribution is -0.120. The van der Waals surface area contributed by atoms with Crippen molar-refractivity contribution in [2.75, 3.05) is 0 Å². The first-order valence-corrected chi connectivity index (χ1v) is 8.52. The zero-order valence-corrected chi connectivity index (χ0v) is 13.4. The summed E-state index contributed by atoms with van der Waals surface area (Å²) in [5.41, 5.74) is 3.99. The number of thiophene rings is 1. The van der Waals surface area contributed by atoms with E-state index in [0.717, 1.165) is 21.2 Å². The van der Waals surface area contributed by atoms with E-state index in [-0.39, 0.29) is 5.91 Å². The van der Waals surface area contributed by atoms with Crippen molar-refractivity contribution in [2.24, 2.45) is 0 Å². The number of carbonyl (C=O) groups excluding carboxylic acids is 1. The van der Waals surface area contributed by atoms with Crippen LogP contribution in [0.2, 0.25) is 4.34 Å². The van der Waals surface area contributed by atoms with Gasteiger partial charge >= 0.3 is 0 Å². The fourth-order valence-electron chi connectivity index (χ4n) is 2.78. The molecule has 110 valence electrons. The highest BCUT2D eigenvalue weighted by molar-refractivity contribution is 7.16. The van der Waals surface area contributed by atoms with E-state index in [9.17, 15) is 4.79 Å². The molecule has 0 bridgehead atoms. The summed E-state index contributed by atoms with van der Waals surface area (Å²) in [6.45, 7) is 0.557. The van der Waals surface area contributed by atoms with Crippen molar-refractivity contribution >= 4 is 28.8 Å². The van der Waals surface area contributed by atoms with E-state index in [1.807, 2.05) is 12.1 Å². The van der Waals surface area contributed by atoms with Gasteiger partial charge in [0.1, 0.15) is 0 Å². The third-order valence-electron chi connectivity index (χ3n) is 3.87. The van der Waals surface area contributed by atoms with Crippen LogP contribution in [0.3, 0.4) is 0 Å². The number of aryl methyl sites for hydroxylation is 2. The van der Waals surface area contributed by atoms with Crippen LogP contribution in [0.25, 0.3) is 0 Å². The Morgan fingerprint density at radius 2 is 1.95 bits per heavy atom. The zero-order chi connectivity index (χ0) is 14.7. The molecule has 4 heteroatoms. The van der Waals surface area contributed by atoms with Crippen LogP contribution in [0.5, 0.6) is 0 Å². The van der Waals surface area contributed by atoms with Crippen LogP contribution in [-0.4, -0.2) is 5.91 Å². The standard InChI is InChI=1S/C17H18ClNOS/c18-16-8-7-15(21-16)11-19-17(20)10-12-5-6-13-3-1-2-4-14(13)9-12/h5-9H,1-4,10-11H2,(H,19,20). The summed E-state index contributed by atoms with van der Waals surface area (Å²) in [6, 6.07) is 10.3. The Morgan fingerprint density at radius 1 is 1.14 bits per heavy atom. The lowest BCUT2D eigenvalue weighted by atomic mass is 9.90. The molecule has 0 fully saturated rings. The summed E-state index contributed by atoms with van der Waals surface area (Å²) in [5, 5.41) is 2.95. The summed E-state index contributed by atoms with van der Waals surface area (Å²) in [7, 11) is 0. The maximum atomic E-state index is 12.0. The van der Waals surface area contributed by atoms with Crippen molar-refractivity contribution in [1.29, 1.82) is 0 Å². The number of halogens is 1. The first-order valence-electron chi connectivity index (χ1n) is 7.32. The fourth-order valence-corrected chi connectivity index (χ4v) is 3.80. The van der Waals surface area contributed by atoms with Crippen molar-refractivity contribution in [3.8, 4) is 0 Å². The van der Waals surface area contributed by atoms with Gasteiger partial charge in [0.05, 0.1) is 17.3 Å². The van der Waals surface area contributed by atoms with Gasteiger partial charge in [-0.1, -0.05) is 29.8 Å². The van der Waals surface area contributed by atoms with Gasteiger partial charge in [0.2, 0.25) is 5.91 Å². The van der Waals surface area contributed by atoms with Crippen LogP contribution in [0.4, 0.5) is 0 Å². The summed E-state index contributed by atoms with van der Waals surface area (Å²) >= 11 is 7.38. The third kappa shape index (κ3) is 3.86. The molecule has 1 heterocycles. The number of nitrogens with one attached hydrogen (secondary N) is 1. The van der Waals surface area contributed by atoms with Gasteiger partial charge < -0.3 is 5.32 Å². The quantitative estimate of drug-likeness (QED) is 0.901. The predicted octanol–water partition coefficient (Wildman–Crippen LogP) is 4.14. The van der Waals surface area contributed by atoms with Crippen LogP contribution in [0, 0.1) is 0 Å². The smallest absolute Gasteiger partial charge is 0.224 e. The Morgan fingerprint density at radius 3 is 2.71 bits per heavy atom. The molecule has 1 aromatic heterocycles. The minimum Gasteiger partial charge on any atom is -0.351 e. The molecule has 0 saturated carbocycles. The molecule has 0 unspecified atom stereocenters. The second-order valence-corrected chi connectivity index (χ2v) is 7.27. The Kier molecular flexibility index (Phi) is 4.61. The van der Waals surface area contributed by atoms with Crippen molar-refractivity contribution in [2.45, 2.75) is 38.6 Å². The largest absolute Gasteiger partial charge is 0.351 e. The molecule has 0 aliphatic heterocycles. The predicted molar refractivity (Wildman–Crippen MR) is 88.0 cm³/mol. The molecule has 1 N–H and O–H groups in total. The normalized spacial score (nSPS) is 13.8. The molecule has 1 amide bonds. The number of hydrogen-bond acceptors (Lipinski definition) is 2. The SMILES string of the molecule is O=C(Cc1ccc2c(c1)CCCC2)NCc1ccc(Cl)s1. The number of hydrogen-bond donors (Lipinski definition) is 1. The van der Waals surface area contributed by atoms with Crippen LogP contribution >= 0.6 is 22.9 Å². The molecule has 0 atom stereocenters. The van der Waals surface area contributed by atoms with Crippen molar-refractivity contribution < 1.29 is 4.79 Å². The summed E-state index contributed by atoms with van der Waals surface area (Å²) in [5.74, 6) is 0.0651. The maximum Gasteiger partial charge on any atom is 0.224 e. The fraction of sp³-hybridized carbons (Fsp3) is 0.353. The number of amides is 1. The minimum absolute atomic E-state index is 0.0651. The van der Waals surface area contributed by atoms with Gasteiger partial charge in [-0.3, -0.25) is 4.79 Å². The zero-order valence-electron chi connectivity index (χ0n) is 11.8. The van der Waals surface area contributed by atoms with Gasteiger partial charge in [0, 0.05) is 4.88 Å². The van der Waals surface area contributed by atoms with Crippen LogP contribution in [0.1, 0.15) is 34.4 Å². The highest BCUT2D eigenvalue weighted by atomic mass is 35.5. The molecule has 1 aliphatic carbocycles. The third-order valence-corrected chi connectivity index (χ3v) is 5.10. The summed E-state index contributed by atoms with van der Waals surface area (Å²) < 4.78 is 0.758. The topological polar surface area (TPSA) is 29.1 Å². The Hall–Kier alpha value is -1.32. The van der Waals surface area contributed by atoms with E-state index in [1.54, 1.807) is 0 Å². The molecular weight excluding hydrogens is 302 g/mol. The van der Waals surface area contributed by atoms with E-state index in [0.29, 0.717) is 13.0 Å². The van der Waals surface area contributed by atoms with Gasteiger partial charge in [-0.2, -0.15) is 0 Å². The molecule has 0 radical (unpaired) electrons. The minimum atomic E-state index is 0.0651. The number of benzene rings is 1. The van der Waals surface area contributed by atoms with E-state index in [1.165, 1.54) is 41.7 Å². The lowest BCUT2D eigenvalue weighted by Crippen LogP contribution is -2.24. The van der Waals surface area contributed by atoms with E-state index in [4.69, 9.17) is 11.6 Å². The van der Waals surface area contributed by atoms with Gasteiger partial charge in [0.25, 0.3) is 0 Å². The molecule has 2 aromatic rings. The van der Waals surface area contributed by atoms with Gasteiger partial charge in [0.15, 0.2) is 0 Å².